The van der Waals surface area contributed by atoms with E-state index in [9.17, 15) is 31.1 Å². The molecule has 1 aliphatic heterocycles. The van der Waals surface area contributed by atoms with Crippen molar-refractivity contribution in [1.82, 2.24) is 4.90 Å². The fourth-order valence-electron chi connectivity index (χ4n) is 2.00. The molecule has 2 unspecified atom stereocenters. The van der Waals surface area contributed by atoms with E-state index in [1.54, 1.807) is 0 Å². The quantitative estimate of drug-likeness (QED) is 0.782. The second-order valence-electron chi connectivity index (χ2n) is 4.56. The van der Waals surface area contributed by atoms with Crippen molar-refractivity contribution in [1.29, 1.82) is 0 Å². The highest BCUT2D eigenvalue weighted by molar-refractivity contribution is 5.80. The summed E-state index contributed by atoms with van der Waals surface area (Å²) in [5.41, 5.74) is 5.27. The summed E-state index contributed by atoms with van der Waals surface area (Å²) in [6.45, 7) is 0.620. The maximum Gasteiger partial charge on any atom is 0.409 e. The number of carbonyl (C=O) groups is 1. The summed E-state index contributed by atoms with van der Waals surface area (Å²) in [5.74, 6) is -6.03. The third-order valence-electron chi connectivity index (χ3n) is 2.80. The summed E-state index contributed by atoms with van der Waals surface area (Å²) < 4.78 is 80.0. The van der Waals surface area contributed by atoms with Gasteiger partial charge in [-0.1, -0.05) is 0 Å². The van der Waals surface area contributed by atoms with E-state index >= 15 is 0 Å². The molecule has 1 aliphatic rings. The Kier molecular flexibility index (Phi) is 4.90. The first-order chi connectivity index (χ1) is 8.96. The largest absolute Gasteiger partial charge is 0.409 e. The Morgan fingerprint density at radius 2 is 1.75 bits per heavy atom. The molecule has 1 heterocycles. The molecule has 0 aromatic rings. The first-order valence-electron chi connectivity index (χ1n) is 5.74. The van der Waals surface area contributed by atoms with E-state index in [0.717, 1.165) is 0 Å². The Bertz CT molecular complexity index is 343. The highest BCUT2D eigenvalue weighted by Gasteiger charge is 2.62. The number of rotatable bonds is 2. The first kappa shape index (κ1) is 17.0. The minimum absolute atomic E-state index is 0.100. The van der Waals surface area contributed by atoms with E-state index in [2.05, 4.69) is 0 Å². The average molecular weight is 308 g/mol. The van der Waals surface area contributed by atoms with Gasteiger partial charge in [-0.2, -0.15) is 26.3 Å². The zero-order chi connectivity index (χ0) is 15.7. The van der Waals surface area contributed by atoms with Crippen molar-refractivity contribution in [3.63, 3.8) is 0 Å². The van der Waals surface area contributed by atoms with Gasteiger partial charge in [0.25, 0.3) is 0 Å². The Labute approximate surface area is 110 Å². The summed E-state index contributed by atoms with van der Waals surface area (Å²) in [7, 11) is 0. The van der Waals surface area contributed by atoms with Crippen molar-refractivity contribution in [3.05, 3.63) is 0 Å². The lowest BCUT2D eigenvalue weighted by Gasteiger charge is -2.38. The molecule has 118 valence electrons. The third-order valence-corrected chi connectivity index (χ3v) is 2.80. The molecule has 2 atom stereocenters. The second-order valence-corrected chi connectivity index (χ2v) is 4.56. The number of carbonyl (C=O) groups excluding carboxylic acids is 1. The molecule has 0 bridgehead atoms. The molecule has 10 heteroatoms. The summed E-state index contributed by atoms with van der Waals surface area (Å²) >= 11 is 0. The normalized spacial score (nSPS) is 25.1. The lowest BCUT2D eigenvalue weighted by atomic mass is 10.1. The lowest BCUT2D eigenvalue weighted by Crippen LogP contribution is -2.57. The SMILES string of the molecule is CC1CN(C(=O)C(C(F)(F)F)C(F)(F)F)CC(CN)O1. The van der Waals surface area contributed by atoms with Gasteiger partial charge >= 0.3 is 12.4 Å². The Hall–Kier alpha value is -1.03. The molecule has 1 rings (SSSR count). The molecule has 0 aliphatic carbocycles. The van der Waals surface area contributed by atoms with Gasteiger partial charge in [-0.3, -0.25) is 4.79 Å². The monoisotopic (exact) mass is 308 g/mol. The van der Waals surface area contributed by atoms with Gasteiger partial charge in [-0.15, -0.1) is 0 Å². The van der Waals surface area contributed by atoms with E-state index in [1.165, 1.54) is 6.92 Å². The number of nitrogens with zero attached hydrogens (tertiary/aromatic N) is 1. The number of ether oxygens (including phenoxy) is 1. The van der Waals surface area contributed by atoms with E-state index in [1.807, 2.05) is 0 Å². The van der Waals surface area contributed by atoms with Crippen molar-refractivity contribution in [2.24, 2.45) is 11.7 Å². The Morgan fingerprint density at radius 3 is 2.15 bits per heavy atom. The number of alkyl halides is 6. The summed E-state index contributed by atoms with van der Waals surface area (Å²) in [5, 5.41) is 0. The van der Waals surface area contributed by atoms with Crippen molar-refractivity contribution >= 4 is 5.91 Å². The minimum Gasteiger partial charge on any atom is -0.370 e. The first-order valence-corrected chi connectivity index (χ1v) is 5.74. The van der Waals surface area contributed by atoms with Crippen molar-refractivity contribution in [3.8, 4) is 0 Å². The van der Waals surface area contributed by atoms with Gasteiger partial charge in [0.05, 0.1) is 12.2 Å². The fraction of sp³-hybridized carbons (Fsp3) is 0.900. The van der Waals surface area contributed by atoms with Crippen LogP contribution in [-0.2, 0) is 9.53 Å². The van der Waals surface area contributed by atoms with Gasteiger partial charge < -0.3 is 15.4 Å². The predicted octanol–water partition coefficient (Wildman–Crippen LogP) is 1.30. The smallest absolute Gasteiger partial charge is 0.370 e. The van der Waals surface area contributed by atoms with Crippen LogP contribution in [0, 0.1) is 5.92 Å². The number of morpholine rings is 1. The Balaban J connectivity index is 2.95. The molecule has 20 heavy (non-hydrogen) atoms. The van der Waals surface area contributed by atoms with Gasteiger partial charge in [-0.05, 0) is 6.92 Å². The van der Waals surface area contributed by atoms with E-state index in [4.69, 9.17) is 10.5 Å². The maximum atomic E-state index is 12.5. The lowest BCUT2D eigenvalue weighted by molar-refractivity contribution is -0.279. The van der Waals surface area contributed by atoms with Crippen LogP contribution in [0.4, 0.5) is 26.3 Å². The molecule has 0 spiro atoms. The molecule has 1 amide bonds. The topological polar surface area (TPSA) is 55.6 Å². The summed E-state index contributed by atoms with van der Waals surface area (Å²) in [6.07, 6.45) is -12.8. The standard InChI is InChI=1S/C10H14F6N2O2/c1-5-3-18(4-6(2-17)20-5)8(19)7(9(11,12)13)10(14,15)16/h5-7H,2-4,17H2,1H3. The van der Waals surface area contributed by atoms with Gasteiger partial charge in [0.1, 0.15) is 0 Å². The third kappa shape index (κ3) is 3.98. The minimum atomic E-state index is -5.69. The fourth-order valence-corrected chi connectivity index (χ4v) is 2.00. The maximum absolute atomic E-state index is 12.5. The van der Waals surface area contributed by atoms with Crippen LogP contribution in [0.3, 0.4) is 0 Å². The van der Waals surface area contributed by atoms with Crippen LogP contribution < -0.4 is 5.73 Å². The number of hydrogen-bond acceptors (Lipinski definition) is 3. The van der Waals surface area contributed by atoms with Gasteiger partial charge in [-0.25, -0.2) is 0 Å². The zero-order valence-electron chi connectivity index (χ0n) is 10.5. The van der Waals surface area contributed by atoms with Gasteiger partial charge in [0.15, 0.2) is 0 Å². The molecule has 1 fully saturated rings. The van der Waals surface area contributed by atoms with Crippen LogP contribution in [0.5, 0.6) is 0 Å². The number of halogens is 6. The van der Waals surface area contributed by atoms with Gasteiger partial charge in [0.2, 0.25) is 11.8 Å². The molecule has 1 saturated heterocycles. The Morgan fingerprint density at radius 1 is 1.25 bits per heavy atom. The number of nitrogens with two attached hydrogens (primary N) is 1. The second kappa shape index (κ2) is 5.76. The van der Waals surface area contributed by atoms with Gasteiger partial charge in [0, 0.05) is 19.6 Å². The molecule has 4 nitrogen and oxygen atoms in total. The molecular weight excluding hydrogens is 294 g/mol. The van der Waals surface area contributed by atoms with Crippen LogP contribution in [0.15, 0.2) is 0 Å². The number of amides is 1. The van der Waals surface area contributed by atoms with Crippen molar-refractivity contribution in [2.75, 3.05) is 19.6 Å². The van der Waals surface area contributed by atoms with Crippen LogP contribution in [0.25, 0.3) is 0 Å². The molecular formula is C10H14F6N2O2. The van der Waals surface area contributed by atoms with Crippen LogP contribution in [0.2, 0.25) is 0 Å². The van der Waals surface area contributed by atoms with Crippen molar-refractivity contribution < 1.29 is 35.9 Å². The van der Waals surface area contributed by atoms with Crippen LogP contribution in [0.1, 0.15) is 6.92 Å². The molecule has 2 N–H and O–H groups in total. The summed E-state index contributed by atoms with van der Waals surface area (Å²) in [4.78, 5) is 12.1. The van der Waals surface area contributed by atoms with E-state index < -0.39 is 36.4 Å². The van der Waals surface area contributed by atoms with E-state index in [-0.39, 0.29) is 19.6 Å². The van der Waals surface area contributed by atoms with Crippen molar-refractivity contribution in [2.45, 2.75) is 31.5 Å². The zero-order valence-corrected chi connectivity index (χ0v) is 10.5. The number of hydrogen-bond donors (Lipinski definition) is 1. The summed E-state index contributed by atoms with van der Waals surface area (Å²) in [6, 6.07) is 0. The highest BCUT2D eigenvalue weighted by Crippen LogP contribution is 2.40. The van der Waals surface area contributed by atoms with Crippen LogP contribution in [-0.4, -0.2) is 55.0 Å². The van der Waals surface area contributed by atoms with E-state index in [0.29, 0.717) is 4.90 Å². The molecule has 0 aromatic carbocycles. The molecule has 0 aromatic heterocycles. The molecule has 0 saturated carbocycles. The average Bonchev–Trinajstić information content (AvgIpc) is 2.24. The predicted molar refractivity (Wildman–Crippen MR) is 55.6 cm³/mol. The molecule has 0 radical (unpaired) electrons. The van der Waals surface area contributed by atoms with Crippen LogP contribution >= 0.6 is 0 Å². The highest BCUT2D eigenvalue weighted by atomic mass is 19.4.